The van der Waals surface area contributed by atoms with Crippen LogP contribution in [-0.2, 0) is 22.3 Å². The molecule has 2 amide bonds. The van der Waals surface area contributed by atoms with E-state index in [1.54, 1.807) is 0 Å². The van der Waals surface area contributed by atoms with E-state index in [2.05, 4.69) is 0 Å². The molecule has 0 radical (unpaired) electrons. The van der Waals surface area contributed by atoms with E-state index in [1.165, 1.54) is 4.90 Å². The lowest BCUT2D eigenvalue weighted by Gasteiger charge is -2.38. The summed E-state index contributed by atoms with van der Waals surface area (Å²) < 4.78 is 11.4. The minimum atomic E-state index is -4.46. The lowest BCUT2D eigenvalue weighted by Crippen LogP contribution is -2.54. The summed E-state index contributed by atoms with van der Waals surface area (Å²) >= 11 is 0. The Labute approximate surface area is 146 Å². The van der Waals surface area contributed by atoms with Crippen molar-refractivity contribution in [3.05, 3.63) is 35.4 Å². The molecule has 0 bridgehead atoms. The smallest absolute Gasteiger partial charge is 0.344 e. The highest BCUT2D eigenvalue weighted by atomic mass is 31.2. The second-order valence-corrected chi connectivity index (χ2v) is 8.27. The molecule has 9 heteroatoms. The Bertz CT molecular complexity index is 702. The van der Waals surface area contributed by atoms with E-state index in [-0.39, 0.29) is 25.4 Å². The first-order valence-corrected chi connectivity index (χ1v) is 9.78. The zero-order chi connectivity index (χ0) is 18.8. The van der Waals surface area contributed by atoms with Gasteiger partial charge < -0.3 is 24.7 Å². The van der Waals surface area contributed by atoms with Crippen LogP contribution in [0.15, 0.2) is 24.3 Å². The number of aliphatic carboxylic acids is 1. The maximum absolute atomic E-state index is 12.9. The minimum Gasteiger partial charge on any atom is -0.480 e. The first-order chi connectivity index (χ1) is 11.6. The lowest BCUT2D eigenvalue weighted by molar-refractivity contribution is -0.142. The summed E-state index contributed by atoms with van der Waals surface area (Å²) in [6.45, 7) is 3.87. The molecular formula is C16H23N2O6P. The van der Waals surface area contributed by atoms with Crippen molar-refractivity contribution in [1.82, 2.24) is 9.80 Å². The molecule has 0 fully saturated rings. The predicted molar refractivity (Wildman–Crippen MR) is 91.0 cm³/mol. The third-order valence-corrected chi connectivity index (χ3v) is 4.70. The van der Waals surface area contributed by atoms with Gasteiger partial charge >= 0.3 is 19.6 Å². The van der Waals surface area contributed by atoms with Crippen LogP contribution in [0.2, 0.25) is 0 Å². The molecule has 1 aromatic rings. The third kappa shape index (κ3) is 5.04. The maximum atomic E-state index is 12.9. The van der Waals surface area contributed by atoms with E-state index in [9.17, 15) is 29.0 Å². The highest BCUT2D eigenvalue weighted by Gasteiger charge is 2.38. The van der Waals surface area contributed by atoms with Crippen molar-refractivity contribution in [3.63, 3.8) is 0 Å². The van der Waals surface area contributed by atoms with E-state index in [1.807, 2.05) is 38.1 Å². The Morgan fingerprint density at radius 3 is 2.40 bits per heavy atom. The number of fused-ring (bicyclic) bond motifs is 1. The Balaban J connectivity index is 2.32. The number of urea groups is 1. The summed E-state index contributed by atoms with van der Waals surface area (Å²) in [5.74, 6) is -1.15. The fourth-order valence-corrected chi connectivity index (χ4v) is 3.67. The normalized spacial score (nSPS) is 17.3. The Kier molecular flexibility index (Phi) is 5.87. The van der Waals surface area contributed by atoms with Crippen molar-refractivity contribution in [2.24, 2.45) is 5.92 Å². The number of carboxylic acid groups (broad SMARTS) is 1. The molecule has 0 aliphatic carbocycles. The summed E-state index contributed by atoms with van der Waals surface area (Å²) in [4.78, 5) is 45.3. The summed E-state index contributed by atoms with van der Waals surface area (Å²) in [6, 6.07) is 5.55. The monoisotopic (exact) mass is 370 g/mol. The Morgan fingerprint density at radius 2 is 1.88 bits per heavy atom. The number of carbonyl (C=O) groups excluding carboxylic acids is 1. The van der Waals surface area contributed by atoms with Crippen LogP contribution in [-0.4, -0.2) is 55.6 Å². The number of carbonyl (C=O) groups is 2. The summed E-state index contributed by atoms with van der Waals surface area (Å²) in [5.41, 5.74) is 1.71. The number of hydrogen-bond donors (Lipinski definition) is 3. The van der Waals surface area contributed by atoms with Gasteiger partial charge in [-0.15, -0.1) is 0 Å². The molecular weight excluding hydrogens is 347 g/mol. The van der Waals surface area contributed by atoms with Gasteiger partial charge in [-0.2, -0.15) is 0 Å². The lowest BCUT2D eigenvalue weighted by atomic mass is 9.94. The Morgan fingerprint density at radius 1 is 1.28 bits per heavy atom. The molecule has 2 rings (SSSR count). The second-order valence-electron chi connectivity index (χ2n) is 6.66. The fourth-order valence-electron chi connectivity index (χ4n) is 2.99. The second kappa shape index (κ2) is 7.56. The average Bonchev–Trinajstić information content (AvgIpc) is 2.50. The van der Waals surface area contributed by atoms with Gasteiger partial charge in [0.25, 0.3) is 0 Å². The van der Waals surface area contributed by atoms with Crippen LogP contribution in [0.5, 0.6) is 0 Å². The van der Waals surface area contributed by atoms with Gasteiger partial charge in [0.1, 0.15) is 12.3 Å². The summed E-state index contributed by atoms with van der Waals surface area (Å²) in [7, 11) is -4.46. The van der Waals surface area contributed by atoms with Crippen LogP contribution in [0.3, 0.4) is 0 Å². The number of amides is 2. The van der Waals surface area contributed by atoms with E-state index >= 15 is 0 Å². The maximum Gasteiger partial charge on any atom is 0.344 e. The molecule has 3 N–H and O–H groups in total. The zero-order valence-electron chi connectivity index (χ0n) is 14.2. The van der Waals surface area contributed by atoms with Crippen LogP contribution < -0.4 is 0 Å². The number of rotatable bonds is 5. The van der Waals surface area contributed by atoms with Crippen LogP contribution in [0.1, 0.15) is 25.0 Å². The molecule has 0 saturated carbocycles. The van der Waals surface area contributed by atoms with E-state index in [0.29, 0.717) is 0 Å². The molecule has 0 saturated heterocycles. The van der Waals surface area contributed by atoms with Crippen molar-refractivity contribution in [2.75, 3.05) is 12.8 Å². The van der Waals surface area contributed by atoms with Gasteiger partial charge in [-0.25, -0.2) is 9.59 Å². The fraction of sp³-hybridized carbons (Fsp3) is 0.500. The predicted octanol–water partition coefficient (Wildman–Crippen LogP) is 1.71. The van der Waals surface area contributed by atoms with Crippen LogP contribution in [0, 0.1) is 5.92 Å². The van der Waals surface area contributed by atoms with Gasteiger partial charge in [-0.1, -0.05) is 38.1 Å². The van der Waals surface area contributed by atoms with Crippen LogP contribution in [0.25, 0.3) is 0 Å². The quantitative estimate of drug-likeness (QED) is 0.679. The van der Waals surface area contributed by atoms with Crippen LogP contribution in [0.4, 0.5) is 4.79 Å². The number of hydrogen-bond acceptors (Lipinski definition) is 3. The first kappa shape index (κ1) is 19.4. The molecule has 138 valence electrons. The van der Waals surface area contributed by atoms with Gasteiger partial charge in [-0.3, -0.25) is 4.57 Å². The van der Waals surface area contributed by atoms with Crippen molar-refractivity contribution in [1.29, 1.82) is 0 Å². The van der Waals surface area contributed by atoms with Crippen molar-refractivity contribution in [3.8, 4) is 0 Å². The molecule has 1 aromatic carbocycles. The van der Waals surface area contributed by atoms with Crippen molar-refractivity contribution in [2.45, 2.75) is 32.9 Å². The van der Waals surface area contributed by atoms with Gasteiger partial charge in [0.15, 0.2) is 0 Å². The topological polar surface area (TPSA) is 118 Å². The number of benzene rings is 1. The van der Waals surface area contributed by atoms with E-state index in [0.717, 1.165) is 16.0 Å². The zero-order valence-corrected chi connectivity index (χ0v) is 15.1. The van der Waals surface area contributed by atoms with Crippen LogP contribution >= 0.6 is 7.60 Å². The van der Waals surface area contributed by atoms with Crippen molar-refractivity contribution >= 4 is 19.6 Å². The molecule has 1 heterocycles. The molecule has 25 heavy (non-hydrogen) atoms. The van der Waals surface area contributed by atoms with Gasteiger partial charge in [0, 0.05) is 19.5 Å². The first-order valence-electron chi connectivity index (χ1n) is 7.98. The highest BCUT2D eigenvalue weighted by Crippen LogP contribution is 2.36. The number of nitrogens with zero attached hydrogens (tertiary/aromatic N) is 2. The van der Waals surface area contributed by atoms with E-state index < -0.39 is 31.9 Å². The largest absolute Gasteiger partial charge is 0.480 e. The standard InChI is InChI=1S/C16H23N2O6P/c1-11(2)8-17(10-25(22,23)24)16(21)18-9-13-6-4-3-5-12(13)7-14(18)15(19)20/h3-6,11,14H,7-10H2,1-2H3,(H,19,20)(H2,22,23,24)/t14-/m0/s1. The van der Waals surface area contributed by atoms with Crippen molar-refractivity contribution < 1.29 is 29.0 Å². The average molecular weight is 370 g/mol. The SMILES string of the molecule is CC(C)CN(CP(=O)(O)O)C(=O)N1Cc2ccccc2C[C@H]1C(=O)O. The number of carboxylic acids is 1. The van der Waals surface area contributed by atoms with Gasteiger partial charge in [0.2, 0.25) is 0 Å². The molecule has 0 aromatic heterocycles. The molecule has 1 atom stereocenters. The summed E-state index contributed by atoms with van der Waals surface area (Å²) in [6.07, 6.45) is -0.558. The third-order valence-electron chi connectivity index (χ3n) is 3.99. The van der Waals surface area contributed by atoms with Gasteiger partial charge in [0.05, 0.1) is 0 Å². The molecule has 1 aliphatic rings. The molecule has 8 nitrogen and oxygen atoms in total. The minimum absolute atomic E-state index is 0.0177. The molecule has 0 spiro atoms. The Hall–Kier alpha value is -1.89. The van der Waals surface area contributed by atoms with E-state index in [4.69, 9.17) is 0 Å². The summed E-state index contributed by atoms with van der Waals surface area (Å²) in [5, 5.41) is 9.51. The molecule has 1 aliphatic heterocycles. The van der Waals surface area contributed by atoms with Gasteiger partial charge in [-0.05, 0) is 17.0 Å². The molecule has 0 unspecified atom stereocenters. The highest BCUT2D eigenvalue weighted by molar-refractivity contribution is 7.51.